The van der Waals surface area contributed by atoms with Crippen molar-refractivity contribution in [1.29, 1.82) is 0 Å². The van der Waals surface area contributed by atoms with Gasteiger partial charge in [-0.1, -0.05) is 6.07 Å². The minimum atomic E-state index is -0.686. The normalized spacial score (nSPS) is 20.6. The fourth-order valence-electron chi connectivity index (χ4n) is 3.76. The Labute approximate surface area is 185 Å². The molecule has 0 aromatic heterocycles. The molecule has 0 radical (unpaired) electrons. The summed E-state index contributed by atoms with van der Waals surface area (Å²) in [6, 6.07) is 4.36. The quantitative estimate of drug-likeness (QED) is 0.609. The van der Waals surface area contributed by atoms with Gasteiger partial charge in [0.2, 0.25) is 5.91 Å². The molecule has 2 heterocycles. The monoisotopic (exact) mass is 445 g/mol. The molecule has 1 aromatic rings. The third-order valence-electron chi connectivity index (χ3n) is 5.31. The number of methoxy groups -OCH3 is 1. The van der Waals surface area contributed by atoms with Crippen molar-refractivity contribution < 1.29 is 33.4 Å². The van der Waals surface area contributed by atoms with Crippen molar-refractivity contribution in [2.45, 2.75) is 33.2 Å². The summed E-state index contributed by atoms with van der Waals surface area (Å²) in [5.41, 5.74) is 1.90. The van der Waals surface area contributed by atoms with E-state index in [1.807, 2.05) is 19.1 Å². The molecular formula is C22H27N3O7. The Balaban J connectivity index is 1.72. The number of carbonyl (C=O) groups is 4. The molecule has 2 N–H and O–H groups in total. The van der Waals surface area contributed by atoms with Crippen molar-refractivity contribution in [2.75, 3.05) is 31.8 Å². The maximum absolute atomic E-state index is 12.7. The molecule has 2 aliphatic rings. The van der Waals surface area contributed by atoms with Crippen LogP contribution in [0.5, 0.6) is 5.75 Å². The lowest BCUT2D eigenvalue weighted by Gasteiger charge is -2.26. The maximum atomic E-state index is 12.7. The van der Waals surface area contributed by atoms with Gasteiger partial charge in [0.25, 0.3) is 0 Å². The highest BCUT2D eigenvalue weighted by Crippen LogP contribution is 2.34. The van der Waals surface area contributed by atoms with E-state index in [2.05, 4.69) is 10.6 Å². The van der Waals surface area contributed by atoms with Gasteiger partial charge in [-0.05, 0) is 38.5 Å². The van der Waals surface area contributed by atoms with Crippen LogP contribution in [0.15, 0.2) is 29.5 Å². The van der Waals surface area contributed by atoms with E-state index in [1.54, 1.807) is 19.9 Å². The van der Waals surface area contributed by atoms with Crippen LogP contribution in [0.25, 0.3) is 0 Å². The van der Waals surface area contributed by atoms with Crippen LogP contribution in [0, 0.1) is 12.8 Å². The van der Waals surface area contributed by atoms with Crippen molar-refractivity contribution in [3.05, 3.63) is 35.0 Å². The number of nitrogens with one attached hydrogen (secondary N) is 2. The second-order valence-corrected chi connectivity index (χ2v) is 7.62. The molecule has 0 aliphatic carbocycles. The average molecular weight is 445 g/mol. The van der Waals surface area contributed by atoms with E-state index in [4.69, 9.17) is 14.2 Å². The van der Waals surface area contributed by atoms with Crippen LogP contribution in [-0.4, -0.2) is 56.8 Å². The summed E-state index contributed by atoms with van der Waals surface area (Å²) < 4.78 is 15.8. The number of benzene rings is 1. The lowest BCUT2D eigenvalue weighted by Crippen LogP contribution is -2.50. The first-order chi connectivity index (χ1) is 15.2. The van der Waals surface area contributed by atoms with E-state index >= 15 is 0 Å². The second kappa shape index (κ2) is 9.71. The standard InChI is InChI=1S/C22H27N3O7/c1-5-31-21(28)19-13(3)23-22(29)24-15(19)11-32-20(27)14-9-18(26)25(10-14)16-8-12(2)6-7-17(16)30-4/h6-8,13-14H,5,9-11H2,1-4H3,(H2,23,24,29). The zero-order valence-electron chi connectivity index (χ0n) is 18.5. The Hall–Kier alpha value is -3.56. The van der Waals surface area contributed by atoms with Gasteiger partial charge in [0.05, 0.1) is 42.6 Å². The van der Waals surface area contributed by atoms with E-state index in [0.29, 0.717) is 11.4 Å². The Morgan fingerprint density at radius 3 is 2.66 bits per heavy atom. The largest absolute Gasteiger partial charge is 0.495 e. The highest BCUT2D eigenvalue weighted by molar-refractivity contribution is 6.00. The number of rotatable bonds is 7. The van der Waals surface area contributed by atoms with Gasteiger partial charge in [-0.3, -0.25) is 9.59 Å². The summed E-state index contributed by atoms with van der Waals surface area (Å²) >= 11 is 0. The predicted octanol–water partition coefficient (Wildman–Crippen LogP) is 1.42. The summed E-state index contributed by atoms with van der Waals surface area (Å²) in [5, 5.41) is 5.08. The van der Waals surface area contributed by atoms with Crippen molar-refractivity contribution in [3.8, 4) is 5.75 Å². The molecule has 2 unspecified atom stereocenters. The lowest BCUT2D eigenvalue weighted by molar-refractivity contribution is -0.147. The van der Waals surface area contributed by atoms with Crippen LogP contribution in [0.1, 0.15) is 25.8 Å². The number of nitrogens with zero attached hydrogens (tertiary/aromatic N) is 1. The van der Waals surface area contributed by atoms with Crippen LogP contribution < -0.4 is 20.3 Å². The van der Waals surface area contributed by atoms with Gasteiger partial charge < -0.3 is 29.7 Å². The van der Waals surface area contributed by atoms with Crippen LogP contribution in [0.4, 0.5) is 10.5 Å². The number of urea groups is 1. The number of ether oxygens (including phenoxy) is 3. The second-order valence-electron chi connectivity index (χ2n) is 7.62. The van der Waals surface area contributed by atoms with Crippen LogP contribution in [0.2, 0.25) is 0 Å². The fourth-order valence-corrected chi connectivity index (χ4v) is 3.76. The minimum absolute atomic E-state index is 0.00989. The van der Waals surface area contributed by atoms with E-state index in [0.717, 1.165) is 5.56 Å². The summed E-state index contributed by atoms with van der Waals surface area (Å²) in [6.45, 7) is 5.20. The highest BCUT2D eigenvalue weighted by Gasteiger charge is 2.38. The zero-order chi connectivity index (χ0) is 23.4. The van der Waals surface area contributed by atoms with Crippen LogP contribution >= 0.6 is 0 Å². The first kappa shape index (κ1) is 23.1. The number of hydrogen-bond donors (Lipinski definition) is 2. The van der Waals surface area contributed by atoms with Gasteiger partial charge in [-0.25, -0.2) is 9.59 Å². The molecule has 3 rings (SSSR count). The van der Waals surface area contributed by atoms with Crippen molar-refractivity contribution in [3.63, 3.8) is 0 Å². The van der Waals surface area contributed by atoms with Gasteiger partial charge in [-0.15, -0.1) is 0 Å². The van der Waals surface area contributed by atoms with E-state index in [9.17, 15) is 19.2 Å². The number of esters is 2. The van der Waals surface area contributed by atoms with Gasteiger partial charge in [0, 0.05) is 13.0 Å². The van der Waals surface area contributed by atoms with Crippen molar-refractivity contribution >= 4 is 29.6 Å². The summed E-state index contributed by atoms with van der Waals surface area (Å²) in [7, 11) is 1.52. The molecule has 32 heavy (non-hydrogen) atoms. The van der Waals surface area contributed by atoms with Crippen LogP contribution in [0.3, 0.4) is 0 Å². The van der Waals surface area contributed by atoms with E-state index < -0.39 is 29.9 Å². The first-order valence-corrected chi connectivity index (χ1v) is 10.3. The van der Waals surface area contributed by atoms with E-state index in [1.165, 1.54) is 12.0 Å². The number of aryl methyl sites for hydroxylation is 1. The van der Waals surface area contributed by atoms with Crippen molar-refractivity contribution in [1.82, 2.24) is 10.6 Å². The fraction of sp³-hybridized carbons (Fsp3) is 0.455. The highest BCUT2D eigenvalue weighted by atomic mass is 16.5. The molecule has 3 amide bonds. The van der Waals surface area contributed by atoms with Gasteiger partial charge >= 0.3 is 18.0 Å². The minimum Gasteiger partial charge on any atom is -0.495 e. The molecule has 2 aliphatic heterocycles. The zero-order valence-corrected chi connectivity index (χ0v) is 18.5. The number of hydrogen-bond acceptors (Lipinski definition) is 7. The number of amides is 3. The summed E-state index contributed by atoms with van der Waals surface area (Å²) in [5.74, 6) is -1.56. The topological polar surface area (TPSA) is 123 Å². The molecule has 1 saturated heterocycles. The molecule has 0 saturated carbocycles. The van der Waals surface area contributed by atoms with Crippen molar-refractivity contribution in [2.24, 2.45) is 5.92 Å². The molecule has 0 bridgehead atoms. The number of anilines is 1. The predicted molar refractivity (Wildman–Crippen MR) is 114 cm³/mol. The molecule has 0 spiro atoms. The van der Waals surface area contributed by atoms with E-state index in [-0.39, 0.29) is 43.4 Å². The Morgan fingerprint density at radius 1 is 1.22 bits per heavy atom. The third-order valence-corrected chi connectivity index (χ3v) is 5.31. The first-order valence-electron chi connectivity index (χ1n) is 10.3. The van der Waals surface area contributed by atoms with Gasteiger partial charge in [0.1, 0.15) is 12.4 Å². The summed E-state index contributed by atoms with van der Waals surface area (Å²) in [4.78, 5) is 50.9. The molecule has 2 atom stereocenters. The van der Waals surface area contributed by atoms with Gasteiger partial charge in [-0.2, -0.15) is 0 Å². The van der Waals surface area contributed by atoms with Gasteiger partial charge in [0.15, 0.2) is 0 Å². The maximum Gasteiger partial charge on any atom is 0.338 e. The Kier molecular flexibility index (Phi) is 7.01. The summed E-state index contributed by atoms with van der Waals surface area (Å²) in [6.07, 6.45) is -0.00989. The molecular weight excluding hydrogens is 418 g/mol. The molecule has 1 aromatic carbocycles. The molecule has 172 valence electrons. The Bertz CT molecular complexity index is 972. The third kappa shape index (κ3) is 4.84. The molecule has 10 nitrogen and oxygen atoms in total. The SMILES string of the molecule is CCOC(=O)C1=C(COC(=O)C2CC(=O)N(c3cc(C)ccc3OC)C2)NC(=O)NC1C. The van der Waals surface area contributed by atoms with Crippen LogP contribution in [-0.2, 0) is 23.9 Å². The Morgan fingerprint density at radius 2 is 1.97 bits per heavy atom. The molecule has 10 heteroatoms. The average Bonchev–Trinajstić information content (AvgIpc) is 3.13. The smallest absolute Gasteiger partial charge is 0.338 e. The molecule has 1 fully saturated rings. The lowest BCUT2D eigenvalue weighted by atomic mass is 10.0. The number of carbonyl (C=O) groups excluding carboxylic acids is 4.